The van der Waals surface area contributed by atoms with E-state index in [1.54, 1.807) is 42.6 Å². The predicted octanol–water partition coefficient (Wildman–Crippen LogP) is 3.38. The number of methoxy groups -OCH3 is 1. The molecule has 0 aliphatic rings. The van der Waals surface area contributed by atoms with Gasteiger partial charge in [-0.15, -0.1) is 0 Å². The van der Waals surface area contributed by atoms with Gasteiger partial charge in [0, 0.05) is 17.4 Å². The second kappa shape index (κ2) is 8.74. The number of nitrogens with zero attached hydrogens (tertiary/aromatic N) is 1. The largest absolute Gasteiger partial charge is 0.497 e. The Bertz CT molecular complexity index is 1080. The van der Waals surface area contributed by atoms with Crippen molar-refractivity contribution in [3.05, 3.63) is 84.2 Å². The molecule has 2 N–H and O–H groups in total. The van der Waals surface area contributed by atoms with Gasteiger partial charge in [-0.25, -0.2) is 8.42 Å². The number of nitrogens with one attached hydrogen (secondary N) is 2. The van der Waals surface area contributed by atoms with Crippen LogP contribution in [0.2, 0.25) is 0 Å². The molecule has 1 aromatic heterocycles. The Balaban J connectivity index is 1.76. The van der Waals surface area contributed by atoms with Crippen molar-refractivity contribution in [2.45, 2.75) is 17.9 Å². The van der Waals surface area contributed by atoms with Crippen LogP contribution in [0.3, 0.4) is 0 Å². The van der Waals surface area contributed by atoms with Gasteiger partial charge in [-0.05, 0) is 61.5 Å². The maximum atomic E-state index is 12.7. The Morgan fingerprint density at radius 1 is 1.03 bits per heavy atom. The van der Waals surface area contributed by atoms with E-state index in [4.69, 9.17) is 4.74 Å². The highest BCUT2D eigenvalue weighted by Gasteiger charge is 2.18. The molecule has 0 unspecified atom stereocenters. The fourth-order valence-electron chi connectivity index (χ4n) is 2.66. The van der Waals surface area contributed by atoms with Gasteiger partial charge in [0.15, 0.2) is 0 Å². The van der Waals surface area contributed by atoms with Gasteiger partial charge in [-0.3, -0.25) is 14.5 Å². The lowest BCUT2D eigenvalue weighted by molar-refractivity contribution is 0.0939. The molecule has 29 heavy (non-hydrogen) atoms. The molecule has 2 aromatic carbocycles. The van der Waals surface area contributed by atoms with Crippen molar-refractivity contribution in [1.82, 2.24) is 10.3 Å². The van der Waals surface area contributed by atoms with Crippen molar-refractivity contribution in [3.63, 3.8) is 0 Å². The number of ether oxygens (including phenoxy) is 1. The van der Waals surface area contributed by atoms with Crippen molar-refractivity contribution in [3.8, 4) is 5.75 Å². The molecular formula is C21H21N3O4S. The summed E-state index contributed by atoms with van der Waals surface area (Å²) in [7, 11) is -2.32. The first-order valence-electron chi connectivity index (χ1n) is 8.88. The van der Waals surface area contributed by atoms with E-state index >= 15 is 0 Å². The van der Waals surface area contributed by atoms with Crippen LogP contribution in [-0.2, 0) is 10.0 Å². The quantitative estimate of drug-likeness (QED) is 0.621. The van der Waals surface area contributed by atoms with Crippen LogP contribution in [0.4, 0.5) is 5.69 Å². The fourth-order valence-corrected chi connectivity index (χ4v) is 3.77. The smallest absolute Gasteiger partial charge is 0.261 e. The lowest BCUT2D eigenvalue weighted by Gasteiger charge is -2.14. The first-order chi connectivity index (χ1) is 13.9. The van der Waals surface area contributed by atoms with E-state index < -0.39 is 10.0 Å². The van der Waals surface area contributed by atoms with E-state index in [0.717, 1.165) is 0 Å². The van der Waals surface area contributed by atoms with Crippen LogP contribution in [0.25, 0.3) is 0 Å². The Labute approximate surface area is 169 Å². The van der Waals surface area contributed by atoms with Crippen molar-refractivity contribution >= 4 is 21.6 Å². The van der Waals surface area contributed by atoms with Gasteiger partial charge in [-0.2, -0.15) is 0 Å². The van der Waals surface area contributed by atoms with Crippen LogP contribution in [0.15, 0.2) is 77.8 Å². The number of benzene rings is 2. The van der Waals surface area contributed by atoms with E-state index in [1.807, 2.05) is 19.1 Å². The van der Waals surface area contributed by atoms with Crippen LogP contribution < -0.4 is 14.8 Å². The first kappa shape index (κ1) is 20.3. The molecule has 0 aliphatic carbocycles. The molecule has 0 saturated carbocycles. The zero-order valence-electron chi connectivity index (χ0n) is 16.0. The minimum Gasteiger partial charge on any atom is -0.497 e. The summed E-state index contributed by atoms with van der Waals surface area (Å²) >= 11 is 0. The number of carbonyl (C=O) groups excluding carboxylic acids is 1. The summed E-state index contributed by atoms with van der Waals surface area (Å²) < 4.78 is 32.9. The highest BCUT2D eigenvalue weighted by Crippen LogP contribution is 2.20. The first-order valence-corrected chi connectivity index (χ1v) is 10.4. The average molecular weight is 411 g/mol. The molecular weight excluding hydrogens is 390 g/mol. The van der Waals surface area contributed by atoms with Crippen molar-refractivity contribution in [2.75, 3.05) is 11.8 Å². The predicted molar refractivity (Wildman–Crippen MR) is 110 cm³/mol. The zero-order valence-corrected chi connectivity index (χ0v) is 16.8. The number of aromatic nitrogens is 1. The molecule has 0 aliphatic heterocycles. The molecule has 0 spiro atoms. The number of hydrogen-bond acceptors (Lipinski definition) is 5. The number of amides is 1. The SMILES string of the molecule is COc1ccc(NS(=O)(=O)c2cccc(C(=O)N[C@@H](C)c3ccccn3)c2)cc1. The summed E-state index contributed by atoms with van der Waals surface area (Å²) in [6, 6.07) is 17.5. The molecule has 0 radical (unpaired) electrons. The Hall–Kier alpha value is -3.39. The number of anilines is 1. The van der Waals surface area contributed by atoms with Crippen molar-refractivity contribution < 1.29 is 17.9 Å². The van der Waals surface area contributed by atoms with Crippen molar-refractivity contribution in [2.24, 2.45) is 0 Å². The monoisotopic (exact) mass is 411 g/mol. The third-order valence-electron chi connectivity index (χ3n) is 4.23. The van der Waals surface area contributed by atoms with Crippen LogP contribution in [-0.4, -0.2) is 26.4 Å². The maximum absolute atomic E-state index is 12.7. The molecule has 1 heterocycles. The molecule has 7 nitrogen and oxygen atoms in total. The molecule has 3 rings (SSSR count). The lowest BCUT2D eigenvalue weighted by atomic mass is 10.1. The van der Waals surface area contributed by atoms with Gasteiger partial charge in [0.05, 0.1) is 23.7 Å². The second-order valence-electron chi connectivity index (χ2n) is 6.31. The topological polar surface area (TPSA) is 97.4 Å². The van der Waals surface area contributed by atoms with Crippen LogP contribution >= 0.6 is 0 Å². The Morgan fingerprint density at radius 2 is 1.79 bits per heavy atom. The van der Waals surface area contributed by atoms with Crippen LogP contribution in [0.5, 0.6) is 5.75 Å². The number of hydrogen-bond donors (Lipinski definition) is 2. The van der Waals surface area contributed by atoms with Gasteiger partial charge in [0.25, 0.3) is 15.9 Å². The molecule has 8 heteroatoms. The minimum absolute atomic E-state index is 0.00791. The number of carbonyl (C=O) groups is 1. The lowest BCUT2D eigenvalue weighted by Crippen LogP contribution is -2.27. The van der Waals surface area contributed by atoms with E-state index in [2.05, 4.69) is 15.0 Å². The van der Waals surface area contributed by atoms with Crippen molar-refractivity contribution in [1.29, 1.82) is 0 Å². The third kappa shape index (κ3) is 5.11. The maximum Gasteiger partial charge on any atom is 0.261 e. The third-order valence-corrected chi connectivity index (χ3v) is 5.61. The van der Waals surface area contributed by atoms with Crippen LogP contribution in [0.1, 0.15) is 29.0 Å². The van der Waals surface area contributed by atoms with Gasteiger partial charge in [0.1, 0.15) is 5.75 Å². The molecule has 1 atom stereocenters. The molecule has 0 bridgehead atoms. The number of sulfonamides is 1. The Kier molecular flexibility index (Phi) is 6.13. The highest BCUT2D eigenvalue weighted by atomic mass is 32.2. The molecule has 150 valence electrons. The highest BCUT2D eigenvalue weighted by molar-refractivity contribution is 7.92. The summed E-state index contributed by atoms with van der Waals surface area (Å²) in [5, 5.41) is 2.82. The fraction of sp³-hybridized carbons (Fsp3) is 0.143. The summed E-state index contributed by atoms with van der Waals surface area (Å²) in [4.78, 5) is 16.8. The number of pyridine rings is 1. The van der Waals surface area contributed by atoms with Gasteiger partial charge >= 0.3 is 0 Å². The number of rotatable bonds is 7. The Morgan fingerprint density at radius 3 is 2.45 bits per heavy atom. The zero-order chi connectivity index (χ0) is 20.9. The van der Waals surface area contributed by atoms with Crippen LogP contribution in [0, 0.1) is 0 Å². The summed E-state index contributed by atoms with van der Waals surface area (Å²) in [6.07, 6.45) is 1.65. The second-order valence-corrected chi connectivity index (χ2v) is 7.99. The van der Waals surface area contributed by atoms with E-state index in [1.165, 1.54) is 25.3 Å². The average Bonchev–Trinajstić information content (AvgIpc) is 2.74. The van der Waals surface area contributed by atoms with E-state index in [9.17, 15) is 13.2 Å². The minimum atomic E-state index is -3.85. The van der Waals surface area contributed by atoms with Gasteiger partial charge in [-0.1, -0.05) is 12.1 Å². The summed E-state index contributed by atoms with van der Waals surface area (Å²) in [5.41, 5.74) is 1.35. The van der Waals surface area contributed by atoms with Gasteiger partial charge in [0.2, 0.25) is 0 Å². The standard InChI is InChI=1S/C21H21N3O4S/c1-15(20-8-3-4-13-22-20)23-21(25)16-6-5-7-19(14-16)29(26,27)24-17-9-11-18(28-2)12-10-17/h3-15,24H,1-2H3,(H,23,25)/t15-/m0/s1. The molecule has 0 saturated heterocycles. The normalized spacial score (nSPS) is 12.1. The van der Waals surface area contributed by atoms with E-state index in [0.29, 0.717) is 17.1 Å². The van der Waals surface area contributed by atoms with E-state index in [-0.39, 0.29) is 22.4 Å². The molecule has 1 amide bonds. The molecule has 0 fully saturated rings. The summed E-state index contributed by atoms with van der Waals surface area (Å²) in [6.45, 7) is 1.81. The molecule has 3 aromatic rings. The summed E-state index contributed by atoms with van der Waals surface area (Å²) in [5.74, 6) is 0.235. The van der Waals surface area contributed by atoms with Gasteiger partial charge < -0.3 is 10.1 Å².